The minimum Gasteiger partial charge on any atom is -0.356 e. The molecule has 1 unspecified atom stereocenters. The van der Waals surface area contributed by atoms with Crippen LogP contribution in [-0.4, -0.2) is 31.3 Å². The van der Waals surface area contributed by atoms with Gasteiger partial charge in [0.2, 0.25) is 0 Å². The Balaban J connectivity index is 3.32. The molecule has 0 radical (unpaired) electrons. The number of carbonyl (C=O) groups is 1. The second-order valence-corrected chi connectivity index (χ2v) is 5.29. The molecule has 98 valence electrons. The van der Waals surface area contributed by atoms with Gasteiger partial charge in [-0.1, -0.05) is 0 Å². The zero-order valence-electron chi connectivity index (χ0n) is 9.75. The van der Waals surface area contributed by atoms with Crippen LogP contribution in [0.1, 0.15) is 15.9 Å². The van der Waals surface area contributed by atoms with E-state index in [1.165, 1.54) is 26.3 Å². The summed E-state index contributed by atoms with van der Waals surface area (Å²) in [5.41, 5.74) is 0.592. The number of nitrogens with one attached hydrogen (secondary N) is 2. The van der Waals surface area contributed by atoms with Gasteiger partial charge in [-0.05, 0) is 34.2 Å². The minimum absolute atomic E-state index is 0.160. The standard InChI is InChI=1S/C10H12FIN3O2P/c1-15(17-2)10(16)6-3-4-8(11)9(14-18-12)7(6)5-13/h3-5,13-14,18H,1-2H3. The lowest BCUT2D eigenvalue weighted by Crippen LogP contribution is -2.26. The van der Waals surface area contributed by atoms with Gasteiger partial charge in [0.15, 0.2) is 0 Å². The molecule has 0 aromatic heterocycles. The van der Waals surface area contributed by atoms with E-state index in [1.54, 1.807) is 0 Å². The number of halogens is 2. The van der Waals surface area contributed by atoms with Crippen LogP contribution in [-0.2, 0) is 4.84 Å². The van der Waals surface area contributed by atoms with E-state index in [9.17, 15) is 9.18 Å². The molecule has 2 N–H and O–H groups in total. The number of hydrogen-bond acceptors (Lipinski definition) is 4. The van der Waals surface area contributed by atoms with Gasteiger partial charge in [0.1, 0.15) is 5.82 Å². The number of rotatable bonds is 5. The quantitative estimate of drug-likeness (QED) is 0.356. The highest BCUT2D eigenvalue weighted by Crippen LogP contribution is 2.30. The Bertz CT molecular complexity index is 473. The van der Waals surface area contributed by atoms with Gasteiger partial charge in [-0.15, -0.1) is 0 Å². The average Bonchev–Trinajstić information content (AvgIpc) is 2.39. The number of amides is 1. The first-order valence-corrected chi connectivity index (χ1v) is 8.95. The lowest BCUT2D eigenvalue weighted by Gasteiger charge is -2.17. The normalized spacial score (nSPS) is 10.7. The van der Waals surface area contributed by atoms with Gasteiger partial charge in [0.25, 0.3) is 5.91 Å². The van der Waals surface area contributed by atoms with Crippen LogP contribution in [0, 0.1) is 11.2 Å². The van der Waals surface area contributed by atoms with Gasteiger partial charge in [0.05, 0.1) is 18.4 Å². The van der Waals surface area contributed by atoms with Crippen LogP contribution in [0.2, 0.25) is 0 Å². The lowest BCUT2D eigenvalue weighted by molar-refractivity contribution is -0.0757. The molecule has 0 heterocycles. The van der Waals surface area contributed by atoms with E-state index >= 15 is 0 Å². The number of nitrogens with zero attached hydrogens (tertiary/aromatic N) is 1. The van der Waals surface area contributed by atoms with Gasteiger partial charge >= 0.3 is 0 Å². The number of benzene rings is 1. The Morgan fingerprint density at radius 3 is 2.83 bits per heavy atom. The third-order valence-corrected chi connectivity index (χ3v) is 3.46. The molecule has 1 rings (SSSR count). The maximum absolute atomic E-state index is 13.6. The second-order valence-electron chi connectivity index (χ2n) is 3.23. The Kier molecular flexibility index (Phi) is 5.90. The molecular weight excluding hydrogens is 371 g/mol. The van der Waals surface area contributed by atoms with E-state index in [1.807, 2.05) is 22.0 Å². The molecule has 5 nitrogen and oxygen atoms in total. The van der Waals surface area contributed by atoms with E-state index in [-0.39, 0.29) is 23.2 Å². The molecule has 1 aromatic rings. The topological polar surface area (TPSA) is 65.4 Å². The van der Waals surface area contributed by atoms with Crippen LogP contribution in [0.25, 0.3) is 0 Å². The maximum Gasteiger partial charge on any atom is 0.277 e. The smallest absolute Gasteiger partial charge is 0.277 e. The van der Waals surface area contributed by atoms with Gasteiger partial charge in [0, 0.05) is 25.2 Å². The van der Waals surface area contributed by atoms with Crippen LogP contribution in [0.5, 0.6) is 0 Å². The maximum atomic E-state index is 13.6. The van der Waals surface area contributed by atoms with Crippen LogP contribution < -0.4 is 5.09 Å². The highest BCUT2D eigenvalue weighted by Gasteiger charge is 2.19. The van der Waals surface area contributed by atoms with Crippen molar-refractivity contribution in [1.82, 2.24) is 5.06 Å². The van der Waals surface area contributed by atoms with E-state index in [0.29, 0.717) is 0 Å². The van der Waals surface area contributed by atoms with Gasteiger partial charge < -0.3 is 10.5 Å². The summed E-state index contributed by atoms with van der Waals surface area (Å²) in [5.74, 6) is -0.926. The van der Waals surface area contributed by atoms with Crippen molar-refractivity contribution in [3.05, 3.63) is 29.1 Å². The average molecular weight is 383 g/mol. The first kappa shape index (κ1) is 15.3. The molecule has 0 spiro atoms. The summed E-state index contributed by atoms with van der Waals surface area (Å²) in [7, 11) is 2.81. The highest BCUT2D eigenvalue weighted by atomic mass is 127. The van der Waals surface area contributed by atoms with Crippen molar-refractivity contribution >= 4 is 46.2 Å². The molecule has 0 saturated carbocycles. The third-order valence-electron chi connectivity index (χ3n) is 2.30. The minimum atomic E-state index is -0.491. The predicted molar refractivity (Wildman–Crippen MR) is 79.3 cm³/mol. The number of anilines is 1. The molecule has 0 aliphatic heterocycles. The Labute approximate surface area is 119 Å². The van der Waals surface area contributed by atoms with Crippen LogP contribution in [0.15, 0.2) is 12.1 Å². The van der Waals surface area contributed by atoms with Crippen LogP contribution >= 0.6 is 28.4 Å². The van der Waals surface area contributed by atoms with Crippen molar-refractivity contribution in [2.24, 2.45) is 0 Å². The van der Waals surface area contributed by atoms with Gasteiger partial charge in [-0.25, -0.2) is 9.45 Å². The summed E-state index contributed by atoms with van der Waals surface area (Å²) >= 11 is 2.05. The van der Waals surface area contributed by atoms with E-state index in [0.717, 1.165) is 11.3 Å². The van der Waals surface area contributed by atoms with Crippen LogP contribution in [0.4, 0.5) is 10.1 Å². The first-order valence-electron chi connectivity index (χ1n) is 4.83. The summed E-state index contributed by atoms with van der Waals surface area (Å²) in [6, 6.07) is 2.54. The Hall–Kier alpha value is -0.790. The summed E-state index contributed by atoms with van der Waals surface area (Å²) in [6.45, 7) is 0. The fourth-order valence-electron chi connectivity index (χ4n) is 1.36. The van der Waals surface area contributed by atoms with Gasteiger partial charge in [-0.2, -0.15) is 0 Å². The zero-order valence-corrected chi connectivity index (χ0v) is 12.9. The molecular formula is C10H12FIN3O2P. The first-order chi connectivity index (χ1) is 8.56. The fraction of sp³-hybridized carbons (Fsp3) is 0.200. The molecule has 8 heteroatoms. The molecule has 1 amide bonds. The van der Waals surface area contributed by atoms with Gasteiger partial charge in [-0.3, -0.25) is 9.63 Å². The lowest BCUT2D eigenvalue weighted by atomic mass is 10.1. The fourth-order valence-corrected chi connectivity index (χ4v) is 2.51. The second kappa shape index (κ2) is 6.96. The number of hydroxylamine groups is 2. The molecule has 0 aliphatic carbocycles. The third kappa shape index (κ3) is 3.15. The Morgan fingerprint density at radius 1 is 1.67 bits per heavy atom. The van der Waals surface area contributed by atoms with Crippen molar-refractivity contribution < 1.29 is 14.0 Å². The largest absolute Gasteiger partial charge is 0.356 e. The monoisotopic (exact) mass is 383 g/mol. The van der Waals surface area contributed by atoms with Crippen molar-refractivity contribution in [3.63, 3.8) is 0 Å². The molecule has 0 aliphatic rings. The van der Waals surface area contributed by atoms with E-state index < -0.39 is 11.7 Å². The molecule has 0 bridgehead atoms. The van der Waals surface area contributed by atoms with Crippen molar-refractivity contribution in [3.8, 4) is 0 Å². The highest BCUT2D eigenvalue weighted by molar-refractivity contribution is 14.2. The molecule has 1 atom stereocenters. The molecule has 0 saturated heterocycles. The van der Waals surface area contributed by atoms with Crippen LogP contribution in [0.3, 0.4) is 0 Å². The zero-order chi connectivity index (χ0) is 13.7. The van der Waals surface area contributed by atoms with Crippen molar-refractivity contribution in [2.75, 3.05) is 19.2 Å². The Morgan fingerprint density at radius 2 is 2.33 bits per heavy atom. The summed E-state index contributed by atoms with van der Waals surface area (Å²) in [5, 5.41) is 11.2. The summed E-state index contributed by atoms with van der Waals surface area (Å²) in [4.78, 5) is 16.8. The summed E-state index contributed by atoms with van der Waals surface area (Å²) in [6.07, 6.45) is 1.19. The SMILES string of the molecule is CON(C)C(=O)c1ccc(F)c(NPI)c1C=N. The van der Waals surface area contributed by atoms with E-state index in [2.05, 4.69) is 5.09 Å². The molecule has 18 heavy (non-hydrogen) atoms. The van der Waals surface area contributed by atoms with E-state index in [4.69, 9.17) is 10.2 Å². The predicted octanol–water partition coefficient (Wildman–Crippen LogP) is 2.81. The van der Waals surface area contributed by atoms with Crippen molar-refractivity contribution in [2.45, 2.75) is 0 Å². The number of carbonyl (C=O) groups excluding carboxylic acids is 1. The van der Waals surface area contributed by atoms with Crippen molar-refractivity contribution in [1.29, 1.82) is 5.41 Å². The summed E-state index contributed by atoms with van der Waals surface area (Å²) < 4.78 is 13.6. The molecule has 0 fully saturated rings. The molecule has 1 aromatic carbocycles. The number of hydrogen-bond donors (Lipinski definition) is 2.